The van der Waals surface area contributed by atoms with E-state index in [4.69, 9.17) is 4.74 Å². The van der Waals surface area contributed by atoms with Crippen molar-refractivity contribution < 1.29 is 9.53 Å². The Kier molecular flexibility index (Phi) is 5.96. The Bertz CT molecular complexity index is 919. The van der Waals surface area contributed by atoms with Crippen LogP contribution in [0.15, 0.2) is 48.8 Å². The van der Waals surface area contributed by atoms with Crippen molar-refractivity contribution >= 4 is 17.1 Å². The number of methoxy groups -OCH3 is 1. The third-order valence-corrected chi connectivity index (χ3v) is 4.59. The Morgan fingerprint density at radius 3 is 2.89 bits per heavy atom. The second kappa shape index (κ2) is 8.58. The predicted molar refractivity (Wildman–Crippen MR) is 107 cm³/mol. The molecule has 6 heteroatoms. The average molecular weight is 366 g/mol. The van der Waals surface area contributed by atoms with Crippen molar-refractivity contribution in [3.8, 4) is 5.75 Å². The van der Waals surface area contributed by atoms with Crippen LogP contribution in [-0.2, 0) is 6.54 Å². The van der Waals surface area contributed by atoms with Crippen molar-refractivity contribution in [1.82, 2.24) is 20.2 Å². The molecule has 0 spiro atoms. The number of ether oxygens (including phenoxy) is 1. The number of benzene rings is 2. The highest BCUT2D eigenvalue weighted by molar-refractivity contribution is 5.75. The molecule has 0 aliphatic heterocycles. The zero-order chi connectivity index (χ0) is 19.2. The number of imidazole rings is 1. The van der Waals surface area contributed by atoms with Crippen molar-refractivity contribution in [2.24, 2.45) is 0 Å². The molecule has 142 valence electrons. The molecule has 1 unspecified atom stereocenters. The number of nitrogens with zero attached hydrogens (tertiary/aromatic N) is 2. The first-order valence-corrected chi connectivity index (χ1v) is 9.17. The molecule has 6 nitrogen and oxygen atoms in total. The standard InChI is InChI=1S/C21H26N4O2/c1-15-9-10-20(27-3)17(13-15)16(2)24-21(26)22-11-6-12-25-14-23-18-7-4-5-8-19(18)25/h4-5,7-10,13-14,16H,6,11-12H2,1-3H3,(H2,22,24,26). The molecule has 2 N–H and O–H groups in total. The van der Waals surface area contributed by atoms with Gasteiger partial charge in [-0.1, -0.05) is 29.8 Å². The zero-order valence-corrected chi connectivity index (χ0v) is 16.0. The number of nitrogens with one attached hydrogen (secondary N) is 2. The number of carbonyl (C=O) groups is 1. The first kappa shape index (κ1) is 18.8. The number of hydrogen-bond acceptors (Lipinski definition) is 3. The number of aryl methyl sites for hydroxylation is 2. The van der Waals surface area contributed by atoms with Gasteiger partial charge < -0.3 is 19.9 Å². The van der Waals surface area contributed by atoms with E-state index in [9.17, 15) is 4.79 Å². The van der Waals surface area contributed by atoms with Gasteiger partial charge in [0.25, 0.3) is 0 Å². The highest BCUT2D eigenvalue weighted by Gasteiger charge is 2.14. The van der Waals surface area contributed by atoms with Gasteiger partial charge in [-0.15, -0.1) is 0 Å². The van der Waals surface area contributed by atoms with Crippen molar-refractivity contribution in [3.63, 3.8) is 0 Å². The summed E-state index contributed by atoms with van der Waals surface area (Å²) in [6, 6.07) is 13.7. The lowest BCUT2D eigenvalue weighted by Crippen LogP contribution is -2.37. The molecule has 0 bridgehead atoms. The number of para-hydroxylation sites is 2. The van der Waals surface area contributed by atoms with Crippen molar-refractivity contribution in [2.45, 2.75) is 32.9 Å². The molecule has 2 amide bonds. The minimum absolute atomic E-state index is 0.141. The summed E-state index contributed by atoms with van der Waals surface area (Å²) in [5.41, 5.74) is 4.20. The molecule has 1 atom stereocenters. The maximum absolute atomic E-state index is 12.2. The first-order chi connectivity index (χ1) is 13.1. The van der Waals surface area contributed by atoms with Crippen molar-refractivity contribution in [3.05, 3.63) is 59.9 Å². The van der Waals surface area contributed by atoms with Gasteiger partial charge in [-0.25, -0.2) is 9.78 Å². The molecule has 0 aliphatic rings. The van der Waals surface area contributed by atoms with Gasteiger partial charge in [0.05, 0.1) is 30.5 Å². The fraction of sp³-hybridized carbons (Fsp3) is 0.333. The van der Waals surface area contributed by atoms with E-state index in [1.165, 1.54) is 0 Å². The minimum Gasteiger partial charge on any atom is -0.496 e. The lowest BCUT2D eigenvalue weighted by atomic mass is 10.0. The van der Waals surface area contributed by atoms with E-state index >= 15 is 0 Å². The molecule has 3 rings (SSSR count). The molecule has 27 heavy (non-hydrogen) atoms. The summed E-state index contributed by atoms with van der Waals surface area (Å²) < 4.78 is 7.50. The molecule has 2 aromatic carbocycles. The lowest BCUT2D eigenvalue weighted by molar-refractivity contribution is 0.237. The van der Waals surface area contributed by atoms with E-state index in [1.54, 1.807) is 7.11 Å². The van der Waals surface area contributed by atoms with E-state index in [0.717, 1.165) is 40.9 Å². The summed E-state index contributed by atoms with van der Waals surface area (Å²) in [5, 5.41) is 5.89. The molecular weight excluding hydrogens is 340 g/mol. The Hall–Kier alpha value is -3.02. The van der Waals surface area contributed by atoms with Gasteiger partial charge in [0.2, 0.25) is 0 Å². The number of hydrogen-bond donors (Lipinski definition) is 2. The van der Waals surface area contributed by atoms with Gasteiger partial charge >= 0.3 is 6.03 Å². The highest BCUT2D eigenvalue weighted by atomic mass is 16.5. The van der Waals surface area contributed by atoms with Crippen LogP contribution in [0.3, 0.4) is 0 Å². The summed E-state index contributed by atoms with van der Waals surface area (Å²) in [6.07, 6.45) is 2.67. The van der Waals surface area contributed by atoms with Crippen molar-refractivity contribution in [2.75, 3.05) is 13.7 Å². The molecule has 1 heterocycles. The molecule has 3 aromatic rings. The summed E-state index contributed by atoms with van der Waals surface area (Å²) in [4.78, 5) is 16.6. The quantitative estimate of drug-likeness (QED) is 0.625. The van der Waals surface area contributed by atoms with Crippen LogP contribution in [0, 0.1) is 6.92 Å². The van der Waals surface area contributed by atoms with E-state index < -0.39 is 0 Å². The zero-order valence-electron chi connectivity index (χ0n) is 16.0. The molecule has 0 aliphatic carbocycles. The predicted octanol–water partition coefficient (Wildman–Crippen LogP) is 3.80. The van der Waals surface area contributed by atoms with Crippen LogP contribution in [-0.4, -0.2) is 29.2 Å². The number of fused-ring (bicyclic) bond motifs is 1. The maximum Gasteiger partial charge on any atom is 0.315 e. The SMILES string of the molecule is COc1ccc(C)cc1C(C)NC(=O)NCCCn1cnc2ccccc21. The van der Waals surface area contributed by atoms with Crippen LogP contribution in [0.5, 0.6) is 5.75 Å². The van der Waals surface area contributed by atoms with E-state index in [0.29, 0.717) is 6.54 Å². The van der Waals surface area contributed by atoms with E-state index in [1.807, 2.05) is 56.6 Å². The highest BCUT2D eigenvalue weighted by Crippen LogP contribution is 2.25. The van der Waals surface area contributed by atoms with Gasteiger partial charge in [0.1, 0.15) is 5.75 Å². The Morgan fingerprint density at radius 1 is 1.26 bits per heavy atom. The monoisotopic (exact) mass is 366 g/mol. The first-order valence-electron chi connectivity index (χ1n) is 9.17. The van der Waals surface area contributed by atoms with Gasteiger partial charge in [0, 0.05) is 18.7 Å². The Balaban J connectivity index is 1.48. The number of carbonyl (C=O) groups excluding carboxylic acids is 1. The summed E-state index contributed by atoms with van der Waals surface area (Å²) >= 11 is 0. The second-order valence-electron chi connectivity index (χ2n) is 6.65. The summed E-state index contributed by atoms with van der Waals surface area (Å²) in [5.74, 6) is 0.778. The average Bonchev–Trinajstić information content (AvgIpc) is 3.08. The minimum atomic E-state index is -0.179. The molecule has 0 radical (unpaired) electrons. The van der Waals surface area contributed by atoms with Crippen LogP contribution in [0.1, 0.15) is 30.5 Å². The lowest BCUT2D eigenvalue weighted by Gasteiger charge is -2.18. The Labute approximate surface area is 159 Å². The summed E-state index contributed by atoms with van der Waals surface area (Å²) in [6.45, 7) is 5.38. The van der Waals surface area contributed by atoms with Crippen LogP contribution >= 0.6 is 0 Å². The van der Waals surface area contributed by atoms with Gasteiger partial charge in [-0.05, 0) is 38.5 Å². The van der Waals surface area contributed by atoms with Crippen LogP contribution in [0.2, 0.25) is 0 Å². The van der Waals surface area contributed by atoms with E-state index in [-0.39, 0.29) is 12.1 Å². The van der Waals surface area contributed by atoms with Gasteiger partial charge in [-0.3, -0.25) is 0 Å². The molecular formula is C21H26N4O2. The molecule has 0 saturated heterocycles. The Morgan fingerprint density at radius 2 is 2.07 bits per heavy atom. The maximum atomic E-state index is 12.2. The van der Waals surface area contributed by atoms with Crippen LogP contribution in [0.25, 0.3) is 11.0 Å². The van der Waals surface area contributed by atoms with Gasteiger partial charge in [0.15, 0.2) is 0 Å². The van der Waals surface area contributed by atoms with Gasteiger partial charge in [-0.2, -0.15) is 0 Å². The number of rotatable bonds is 7. The fourth-order valence-corrected chi connectivity index (χ4v) is 3.16. The topological polar surface area (TPSA) is 68.2 Å². The largest absolute Gasteiger partial charge is 0.496 e. The number of urea groups is 1. The number of aromatic nitrogens is 2. The normalized spacial score (nSPS) is 12.0. The van der Waals surface area contributed by atoms with Crippen LogP contribution < -0.4 is 15.4 Å². The van der Waals surface area contributed by atoms with E-state index in [2.05, 4.69) is 26.3 Å². The summed E-state index contributed by atoms with van der Waals surface area (Å²) in [7, 11) is 1.64. The smallest absolute Gasteiger partial charge is 0.315 e. The molecule has 0 saturated carbocycles. The third-order valence-electron chi connectivity index (χ3n) is 4.59. The number of amides is 2. The van der Waals surface area contributed by atoms with Crippen LogP contribution in [0.4, 0.5) is 4.79 Å². The second-order valence-corrected chi connectivity index (χ2v) is 6.65. The third kappa shape index (κ3) is 4.58. The van der Waals surface area contributed by atoms with Crippen molar-refractivity contribution in [1.29, 1.82) is 0 Å². The molecule has 1 aromatic heterocycles. The molecule has 0 fully saturated rings. The fourth-order valence-electron chi connectivity index (χ4n) is 3.16.